The van der Waals surface area contributed by atoms with Gasteiger partial charge >= 0.3 is 0 Å². The average molecular weight is 237 g/mol. The van der Waals surface area contributed by atoms with Crippen molar-refractivity contribution >= 4 is 11.6 Å². The van der Waals surface area contributed by atoms with Crippen molar-refractivity contribution in [3.63, 3.8) is 0 Å². The van der Waals surface area contributed by atoms with Crippen LogP contribution in [0.5, 0.6) is 0 Å². The number of anilines is 1. The maximum atomic E-state index is 13.3. The lowest BCUT2D eigenvalue weighted by Gasteiger charge is -2.03. The molecule has 0 radical (unpaired) electrons. The number of nitrogens with zero attached hydrogens (tertiary/aromatic N) is 1. The Bertz CT molecular complexity index is 526. The first-order valence-corrected chi connectivity index (χ1v) is 4.88. The molecule has 4 nitrogen and oxygen atoms in total. The highest BCUT2D eigenvalue weighted by Gasteiger charge is 2.09. The standard InChI is InChI=1S/C11H9F2N3O/c12-8-2-1-7(10(13)4-8)3-11(17)16-9-5-14-15-6-9/h1-2,4-6H,3H2,(H,14,15)(H,16,17). The second-order valence-corrected chi connectivity index (χ2v) is 3.45. The molecule has 88 valence electrons. The third-order valence-corrected chi connectivity index (χ3v) is 2.15. The molecule has 17 heavy (non-hydrogen) atoms. The molecule has 0 bridgehead atoms. The molecule has 0 aliphatic carbocycles. The van der Waals surface area contributed by atoms with Crippen LogP contribution in [0.2, 0.25) is 0 Å². The third kappa shape index (κ3) is 2.87. The minimum atomic E-state index is -0.729. The quantitative estimate of drug-likeness (QED) is 0.856. The molecule has 1 aromatic carbocycles. The first-order valence-electron chi connectivity index (χ1n) is 4.88. The van der Waals surface area contributed by atoms with E-state index in [-0.39, 0.29) is 12.0 Å². The largest absolute Gasteiger partial charge is 0.323 e. The van der Waals surface area contributed by atoms with Crippen molar-refractivity contribution in [3.8, 4) is 0 Å². The van der Waals surface area contributed by atoms with Crippen molar-refractivity contribution in [2.75, 3.05) is 5.32 Å². The Hall–Kier alpha value is -2.24. The molecule has 2 aromatic rings. The van der Waals surface area contributed by atoms with Gasteiger partial charge in [0, 0.05) is 12.3 Å². The van der Waals surface area contributed by atoms with Crippen molar-refractivity contribution in [1.29, 1.82) is 0 Å². The maximum absolute atomic E-state index is 13.3. The number of hydrogen-bond acceptors (Lipinski definition) is 2. The summed E-state index contributed by atoms with van der Waals surface area (Å²) in [5.41, 5.74) is 0.643. The second-order valence-electron chi connectivity index (χ2n) is 3.45. The summed E-state index contributed by atoms with van der Waals surface area (Å²) in [7, 11) is 0. The molecular weight excluding hydrogens is 228 g/mol. The highest BCUT2D eigenvalue weighted by Crippen LogP contribution is 2.11. The Morgan fingerprint density at radius 3 is 2.88 bits per heavy atom. The van der Waals surface area contributed by atoms with Crippen molar-refractivity contribution in [3.05, 3.63) is 47.8 Å². The summed E-state index contributed by atoms with van der Waals surface area (Å²) < 4.78 is 25.9. The number of rotatable bonds is 3. The molecule has 2 rings (SSSR count). The van der Waals surface area contributed by atoms with E-state index in [1.807, 2.05) is 0 Å². The molecule has 1 heterocycles. The number of hydrogen-bond donors (Lipinski definition) is 2. The monoisotopic (exact) mass is 237 g/mol. The fourth-order valence-corrected chi connectivity index (χ4v) is 1.36. The number of halogens is 2. The Kier molecular flexibility index (Phi) is 3.13. The number of carbonyl (C=O) groups is 1. The molecule has 0 aliphatic rings. The van der Waals surface area contributed by atoms with Crippen LogP contribution < -0.4 is 5.32 Å². The minimum absolute atomic E-state index is 0.146. The van der Waals surface area contributed by atoms with Crippen molar-refractivity contribution in [2.24, 2.45) is 0 Å². The molecule has 0 saturated heterocycles. The summed E-state index contributed by atoms with van der Waals surface area (Å²) in [6.07, 6.45) is 2.77. The third-order valence-electron chi connectivity index (χ3n) is 2.15. The predicted molar refractivity (Wildman–Crippen MR) is 57.3 cm³/mol. The highest BCUT2D eigenvalue weighted by atomic mass is 19.1. The van der Waals surface area contributed by atoms with E-state index in [2.05, 4.69) is 15.5 Å². The molecule has 1 amide bonds. The van der Waals surface area contributed by atoms with Gasteiger partial charge in [0.25, 0.3) is 0 Å². The van der Waals surface area contributed by atoms with E-state index in [0.29, 0.717) is 5.69 Å². The summed E-state index contributed by atoms with van der Waals surface area (Å²) in [5.74, 6) is -1.79. The van der Waals surface area contributed by atoms with Crippen LogP contribution >= 0.6 is 0 Å². The van der Waals surface area contributed by atoms with Crippen LogP contribution in [0.1, 0.15) is 5.56 Å². The number of carbonyl (C=O) groups excluding carboxylic acids is 1. The minimum Gasteiger partial charge on any atom is -0.323 e. The number of benzene rings is 1. The second kappa shape index (κ2) is 4.73. The fraction of sp³-hybridized carbons (Fsp3) is 0.0909. The van der Waals surface area contributed by atoms with Gasteiger partial charge in [0.2, 0.25) is 5.91 Å². The van der Waals surface area contributed by atoms with Gasteiger partial charge in [0.1, 0.15) is 11.6 Å². The van der Waals surface area contributed by atoms with E-state index in [4.69, 9.17) is 0 Å². The summed E-state index contributed by atoms with van der Waals surface area (Å²) >= 11 is 0. The van der Waals surface area contributed by atoms with Crippen molar-refractivity contribution < 1.29 is 13.6 Å². The number of nitrogens with one attached hydrogen (secondary N) is 2. The molecule has 0 fully saturated rings. The summed E-state index contributed by atoms with van der Waals surface area (Å²) in [4.78, 5) is 11.5. The predicted octanol–water partition coefficient (Wildman–Crippen LogP) is 1.87. The van der Waals surface area contributed by atoms with Gasteiger partial charge in [-0.1, -0.05) is 6.07 Å². The van der Waals surface area contributed by atoms with Crippen LogP contribution in [0.15, 0.2) is 30.6 Å². The van der Waals surface area contributed by atoms with Crippen molar-refractivity contribution in [2.45, 2.75) is 6.42 Å². The Balaban J connectivity index is 2.03. The van der Waals surface area contributed by atoms with Gasteiger partial charge in [-0.15, -0.1) is 0 Å². The maximum Gasteiger partial charge on any atom is 0.228 e. The van der Waals surface area contributed by atoms with E-state index in [9.17, 15) is 13.6 Å². The molecule has 0 atom stereocenters. The molecule has 0 aliphatic heterocycles. The normalized spacial score (nSPS) is 10.2. The Morgan fingerprint density at radius 1 is 1.41 bits per heavy atom. The Labute approximate surface area is 95.7 Å². The van der Waals surface area contributed by atoms with E-state index >= 15 is 0 Å². The SMILES string of the molecule is O=C(Cc1ccc(F)cc1F)Nc1cn[nH]c1. The zero-order valence-corrected chi connectivity index (χ0v) is 8.71. The first-order chi connectivity index (χ1) is 8.15. The van der Waals surface area contributed by atoms with Crippen LogP contribution in [0.4, 0.5) is 14.5 Å². The zero-order valence-electron chi connectivity index (χ0n) is 8.71. The summed E-state index contributed by atoms with van der Waals surface area (Å²) in [6.45, 7) is 0. The highest BCUT2D eigenvalue weighted by molar-refractivity contribution is 5.91. The van der Waals surface area contributed by atoms with Crippen LogP contribution in [0.3, 0.4) is 0 Å². The van der Waals surface area contributed by atoms with Crippen LogP contribution in [-0.2, 0) is 11.2 Å². The molecular formula is C11H9F2N3O. The van der Waals surface area contributed by atoms with Crippen LogP contribution in [0, 0.1) is 11.6 Å². The van der Waals surface area contributed by atoms with Gasteiger partial charge in [-0.05, 0) is 11.6 Å². The first kappa shape index (κ1) is 11.3. The molecule has 1 aromatic heterocycles. The van der Waals surface area contributed by atoms with Gasteiger partial charge in [-0.2, -0.15) is 5.10 Å². The summed E-state index contributed by atoms with van der Waals surface area (Å²) in [6, 6.07) is 3.11. The molecule has 0 unspecified atom stereocenters. The fourth-order valence-electron chi connectivity index (χ4n) is 1.36. The molecule has 0 saturated carbocycles. The van der Waals surface area contributed by atoms with Gasteiger partial charge in [0.15, 0.2) is 0 Å². The number of amides is 1. The number of H-pyrrole nitrogens is 1. The lowest BCUT2D eigenvalue weighted by molar-refractivity contribution is -0.115. The summed E-state index contributed by atoms with van der Waals surface area (Å²) in [5, 5.41) is 8.70. The van der Waals surface area contributed by atoms with Crippen molar-refractivity contribution in [1.82, 2.24) is 10.2 Å². The van der Waals surface area contributed by atoms with E-state index in [1.54, 1.807) is 0 Å². The van der Waals surface area contributed by atoms with Gasteiger partial charge < -0.3 is 5.32 Å². The number of aromatic nitrogens is 2. The molecule has 2 N–H and O–H groups in total. The van der Waals surface area contributed by atoms with E-state index in [1.165, 1.54) is 18.5 Å². The van der Waals surface area contributed by atoms with E-state index < -0.39 is 17.5 Å². The van der Waals surface area contributed by atoms with Gasteiger partial charge in [-0.3, -0.25) is 9.89 Å². The smallest absolute Gasteiger partial charge is 0.228 e. The zero-order chi connectivity index (χ0) is 12.3. The van der Waals surface area contributed by atoms with Gasteiger partial charge in [0.05, 0.1) is 18.3 Å². The topological polar surface area (TPSA) is 57.8 Å². The lowest BCUT2D eigenvalue weighted by Crippen LogP contribution is -2.14. The van der Waals surface area contributed by atoms with Crippen LogP contribution in [-0.4, -0.2) is 16.1 Å². The number of aromatic amines is 1. The van der Waals surface area contributed by atoms with Crippen LogP contribution in [0.25, 0.3) is 0 Å². The lowest BCUT2D eigenvalue weighted by atomic mass is 10.1. The average Bonchev–Trinajstić information content (AvgIpc) is 2.75. The van der Waals surface area contributed by atoms with Gasteiger partial charge in [-0.25, -0.2) is 8.78 Å². The Morgan fingerprint density at radius 2 is 2.24 bits per heavy atom. The molecule has 6 heteroatoms. The van der Waals surface area contributed by atoms with E-state index in [0.717, 1.165) is 12.1 Å². The molecule has 0 spiro atoms.